The Labute approximate surface area is 122 Å². The molecule has 7 heteroatoms. The fourth-order valence-corrected chi connectivity index (χ4v) is 2.07. The van der Waals surface area contributed by atoms with Crippen molar-refractivity contribution in [3.63, 3.8) is 0 Å². The van der Waals surface area contributed by atoms with Crippen molar-refractivity contribution in [3.8, 4) is 5.75 Å². The molecule has 0 saturated heterocycles. The molecular formula is C14H20N2O5. The van der Waals surface area contributed by atoms with Gasteiger partial charge in [0.2, 0.25) is 0 Å². The minimum atomic E-state index is -0.864. The molecule has 0 aliphatic rings. The summed E-state index contributed by atoms with van der Waals surface area (Å²) in [5, 5.41) is 19.4. The van der Waals surface area contributed by atoms with E-state index in [9.17, 15) is 14.9 Å². The van der Waals surface area contributed by atoms with Crippen molar-refractivity contribution in [1.82, 2.24) is 0 Å². The van der Waals surface area contributed by atoms with Gasteiger partial charge >= 0.3 is 5.97 Å². The highest BCUT2D eigenvalue weighted by molar-refractivity contribution is 5.67. The first kappa shape index (κ1) is 16.9. The van der Waals surface area contributed by atoms with Crippen LogP contribution in [0.1, 0.15) is 19.8 Å². The lowest BCUT2D eigenvalue weighted by Gasteiger charge is -2.18. The lowest BCUT2D eigenvalue weighted by molar-refractivity contribution is -0.384. The third kappa shape index (κ3) is 6.22. The zero-order chi connectivity index (χ0) is 15.8. The van der Waals surface area contributed by atoms with Crippen LogP contribution in [0, 0.1) is 22.0 Å². The largest absolute Gasteiger partial charge is 0.493 e. The molecule has 0 spiro atoms. The van der Waals surface area contributed by atoms with Gasteiger partial charge in [0, 0.05) is 12.5 Å². The molecule has 0 fully saturated rings. The summed E-state index contributed by atoms with van der Waals surface area (Å²) in [6.07, 6.45) is 0.676. The molecule has 1 aromatic rings. The zero-order valence-electron chi connectivity index (χ0n) is 11.9. The normalized spacial score (nSPS) is 13.4. The minimum Gasteiger partial charge on any atom is -0.493 e. The molecule has 21 heavy (non-hydrogen) atoms. The van der Waals surface area contributed by atoms with Gasteiger partial charge in [-0.3, -0.25) is 14.9 Å². The number of nitrogens with zero attached hydrogens (tertiary/aromatic N) is 1. The highest BCUT2D eigenvalue weighted by Gasteiger charge is 2.16. The predicted molar refractivity (Wildman–Crippen MR) is 77.2 cm³/mol. The number of nitro benzene ring substituents is 1. The van der Waals surface area contributed by atoms with Crippen molar-refractivity contribution in [1.29, 1.82) is 0 Å². The van der Waals surface area contributed by atoms with Crippen LogP contribution in [0.25, 0.3) is 0 Å². The van der Waals surface area contributed by atoms with Crippen molar-refractivity contribution >= 4 is 11.7 Å². The molecule has 0 bridgehead atoms. The molecule has 0 heterocycles. The monoisotopic (exact) mass is 296 g/mol. The summed E-state index contributed by atoms with van der Waals surface area (Å²) >= 11 is 0. The van der Waals surface area contributed by atoms with Crippen LogP contribution in [0.3, 0.4) is 0 Å². The first-order valence-corrected chi connectivity index (χ1v) is 6.71. The Morgan fingerprint density at radius 3 is 2.81 bits per heavy atom. The average Bonchev–Trinajstić information content (AvgIpc) is 2.44. The molecule has 116 valence electrons. The fraction of sp³-hybridized carbons (Fsp3) is 0.500. The van der Waals surface area contributed by atoms with Crippen LogP contribution < -0.4 is 10.5 Å². The van der Waals surface area contributed by atoms with Crippen LogP contribution >= 0.6 is 0 Å². The highest BCUT2D eigenvalue weighted by Crippen LogP contribution is 2.21. The second kappa shape index (κ2) is 8.21. The van der Waals surface area contributed by atoms with Crippen molar-refractivity contribution in [2.24, 2.45) is 17.6 Å². The van der Waals surface area contributed by atoms with E-state index < -0.39 is 10.9 Å². The predicted octanol–water partition coefficient (Wildman–Crippen LogP) is 2.05. The Morgan fingerprint density at radius 1 is 1.52 bits per heavy atom. The number of aliphatic carboxylic acids is 1. The van der Waals surface area contributed by atoms with Crippen LogP contribution in [0.5, 0.6) is 5.75 Å². The molecule has 1 aromatic carbocycles. The number of benzene rings is 1. The average molecular weight is 296 g/mol. The summed E-state index contributed by atoms with van der Waals surface area (Å²) in [4.78, 5) is 20.9. The number of hydrogen-bond donors (Lipinski definition) is 2. The lowest BCUT2D eigenvalue weighted by atomic mass is 9.93. The van der Waals surface area contributed by atoms with E-state index in [1.54, 1.807) is 12.1 Å². The summed E-state index contributed by atoms with van der Waals surface area (Å²) < 4.78 is 5.52. The fourth-order valence-electron chi connectivity index (χ4n) is 2.07. The quantitative estimate of drug-likeness (QED) is 0.532. The maximum atomic E-state index is 10.7. The molecule has 0 amide bonds. The number of ether oxygens (including phenoxy) is 1. The highest BCUT2D eigenvalue weighted by atomic mass is 16.6. The Morgan fingerprint density at radius 2 is 2.24 bits per heavy atom. The summed E-state index contributed by atoms with van der Waals surface area (Å²) in [6, 6.07) is 5.97. The first-order chi connectivity index (χ1) is 9.92. The number of rotatable bonds is 9. The van der Waals surface area contributed by atoms with Gasteiger partial charge in [-0.05, 0) is 30.9 Å². The van der Waals surface area contributed by atoms with E-state index in [1.807, 2.05) is 6.92 Å². The standard InChI is InChI=1S/C14H20N2O5/c1-10(5-11(8-15)6-14(17)18)9-21-13-4-2-3-12(7-13)16(19)20/h2-4,7,10-11H,5-6,8-9,15H2,1H3,(H,17,18)/t10-,11?/m0/s1. The molecule has 0 saturated carbocycles. The SMILES string of the molecule is C[C@H](COc1cccc([N+](=O)[O-])c1)CC(CN)CC(=O)O. The second-order valence-corrected chi connectivity index (χ2v) is 5.11. The van der Waals surface area contributed by atoms with Gasteiger partial charge in [-0.1, -0.05) is 13.0 Å². The summed E-state index contributed by atoms with van der Waals surface area (Å²) in [5.41, 5.74) is 5.53. The Kier molecular flexibility index (Phi) is 6.61. The summed E-state index contributed by atoms with van der Waals surface area (Å²) in [5.74, 6) is -0.417. The molecule has 1 rings (SSSR count). The van der Waals surface area contributed by atoms with Crippen LogP contribution in [0.15, 0.2) is 24.3 Å². The molecular weight excluding hydrogens is 276 g/mol. The van der Waals surface area contributed by atoms with Gasteiger partial charge in [0.25, 0.3) is 5.69 Å². The van der Waals surface area contributed by atoms with Crippen LogP contribution in [-0.2, 0) is 4.79 Å². The smallest absolute Gasteiger partial charge is 0.303 e. The second-order valence-electron chi connectivity index (χ2n) is 5.11. The first-order valence-electron chi connectivity index (χ1n) is 6.71. The van der Waals surface area contributed by atoms with Gasteiger partial charge in [0.1, 0.15) is 5.75 Å². The van der Waals surface area contributed by atoms with Crippen LogP contribution in [0.2, 0.25) is 0 Å². The molecule has 7 nitrogen and oxygen atoms in total. The molecule has 2 atom stereocenters. The van der Waals surface area contributed by atoms with Crippen LogP contribution in [-0.4, -0.2) is 29.2 Å². The topological polar surface area (TPSA) is 116 Å². The van der Waals surface area contributed by atoms with Gasteiger partial charge in [0.15, 0.2) is 0 Å². The van der Waals surface area contributed by atoms with E-state index >= 15 is 0 Å². The van der Waals surface area contributed by atoms with Crippen molar-refractivity contribution < 1.29 is 19.6 Å². The van der Waals surface area contributed by atoms with E-state index in [0.29, 0.717) is 25.3 Å². The molecule has 3 N–H and O–H groups in total. The van der Waals surface area contributed by atoms with E-state index in [0.717, 1.165) is 0 Å². The number of hydrogen-bond acceptors (Lipinski definition) is 5. The van der Waals surface area contributed by atoms with Gasteiger partial charge < -0.3 is 15.6 Å². The number of carbonyl (C=O) groups is 1. The minimum absolute atomic E-state index is 0.0223. The van der Waals surface area contributed by atoms with E-state index in [-0.39, 0.29) is 23.9 Å². The lowest BCUT2D eigenvalue weighted by Crippen LogP contribution is -2.22. The third-order valence-corrected chi connectivity index (χ3v) is 3.10. The van der Waals surface area contributed by atoms with Crippen molar-refractivity contribution in [2.75, 3.05) is 13.2 Å². The van der Waals surface area contributed by atoms with Gasteiger partial charge in [-0.15, -0.1) is 0 Å². The maximum absolute atomic E-state index is 10.7. The van der Waals surface area contributed by atoms with Gasteiger partial charge in [0.05, 0.1) is 17.6 Å². The molecule has 0 aromatic heterocycles. The Balaban J connectivity index is 2.48. The number of nitrogens with two attached hydrogens (primary N) is 1. The van der Waals surface area contributed by atoms with Crippen LogP contribution in [0.4, 0.5) is 5.69 Å². The summed E-state index contributed by atoms with van der Waals surface area (Å²) in [6.45, 7) is 2.60. The third-order valence-electron chi connectivity index (χ3n) is 3.10. The number of carboxylic acids is 1. The van der Waals surface area contributed by atoms with E-state index in [1.165, 1.54) is 12.1 Å². The molecule has 1 unspecified atom stereocenters. The van der Waals surface area contributed by atoms with Crippen molar-refractivity contribution in [3.05, 3.63) is 34.4 Å². The van der Waals surface area contributed by atoms with E-state index in [4.69, 9.17) is 15.6 Å². The number of nitro groups is 1. The molecule has 0 aliphatic carbocycles. The Bertz CT molecular complexity index is 492. The van der Waals surface area contributed by atoms with Gasteiger partial charge in [-0.25, -0.2) is 0 Å². The van der Waals surface area contributed by atoms with Crippen molar-refractivity contribution in [2.45, 2.75) is 19.8 Å². The Hall–Kier alpha value is -2.15. The molecule has 0 radical (unpaired) electrons. The van der Waals surface area contributed by atoms with Gasteiger partial charge in [-0.2, -0.15) is 0 Å². The summed E-state index contributed by atoms with van der Waals surface area (Å²) in [7, 11) is 0. The zero-order valence-corrected chi connectivity index (χ0v) is 11.9. The number of carboxylic acid groups (broad SMARTS) is 1. The number of non-ortho nitro benzene ring substituents is 1. The molecule has 0 aliphatic heterocycles. The van der Waals surface area contributed by atoms with E-state index in [2.05, 4.69) is 0 Å². The maximum Gasteiger partial charge on any atom is 0.303 e.